The van der Waals surface area contributed by atoms with Crippen LogP contribution in [0.15, 0.2) is 33.9 Å². The third-order valence-electron chi connectivity index (χ3n) is 4.13. The van der Waals surface area contributed by atoms with Crippen LogP contribution in [0.25, 0.3) is 0 Å². The Labute approximate surface area is 135 Å². The monoisotopic (exact) mass is 338 g/mol. The van der Waals surface area contributed by atoms with Crippen LogP contribution in [-0.2, 0) is 16.4 Å². The molecule has 1 atom stereocenters. The van der Waals surface area contributed by atoms with Crippen molar-refractivity contribution in [2.75, 3.05) is 6.54 Å². The van der Waals surface area contributed by atoms with Crippen molar-refractivity contribution in [3.63, 3.8) is 0 Å². The first-order chi connectivity index (χ1) is 10.8. The van der Waals surface area contributed by atoms with E-state index in [1.807, 2.05) is 13.8 Å². The zero-order valence-electron chi connectivity index (χ0n) is 13.3. The van der Waals surface area contributed by atoms with Gasteiger partial charge in [-0.1, -0.05) is 19.9 Å². The van der Waals surface area contributed by atoms with Crippen LogP contribution in [0, 0.1) is 18.7 Å². The van der Waals surface area contributed by atoms with E-state index in [0.29, 0.717) is 18.9 Å². The molecule has 0 N–H and O–H groups in total. The number of rotatable bonds is 3. The lowest BCUT2D eigenvalue weighted by Gasteiger charge is -2.38. The molecule has 124 valence electrons. The molecular weight excluding hydrogens is 319 g/mol. The fourth-order valence-corrected chi connectivity index (χ4v) is 4.76. The molecule has 1 aliphatic rings. The molecule has 2 heterocycles. The van der Waals surface area contributed by atoms with E-state index < -0.39 is 16.1 Å². The molecule has 0 radical (unpaired) electrons. The lowest BCUT2D eigenvalue weighted by Crippen LogP contribution is -2.42. The first kappa shape index (κ1) is 16.1. The summed E-state index contributed by atoms with van der Waals surface area (Å²) in [6.45, 7) is 5.79. The summed E-state index contributed by atoms with van der Waals surface area (Å²) in [6.07, 6.45) is 1.77. The number of halogens is 1. The van der Waals surface area contributed by atoms with Gasteiger partial charge in [-0.15, -0.1) is 0 Å². The lowest BCUT2D eigenvalue weighted by molar-refractivity contribution is 0.241. The van der Waals surface area contributed by atoms with Gasteiger partial charge in [-0.25, -0.2) is 17.8 Å². The maximum absolute atomic E-state index is 13.7. The Hall–Kier alpha value is -1.73. The number of benzene rings is 1. The van der Waals surface area contributed by atoms with Crippen molar-refractivity contribution in [3.8, 4) is 0 Å². The Bertz CT molecular complexity index is 830. The highest BCUT2D eigenvalue weighted by Crippen LogP contribution is 2.39. The number of fused-ring (bicyclic) bond motifs is 1. The minimum atomic E-state index is -3.81. The molecule has 1 unspecified atom stereocenters. The third-order valence-corrected chi connectivity index (χ3v) is 5.86. The van der Waals surface area contributed by atoms with Crippen LogP contribution in [0.3, 0.4) is 0 Å². The maximum Gasteiger partial charge on any atom is 0.278 e. The largest absolute Gasteiger partial charge is 0.428 e. The summed E-state index contributed by atoms with van der Waals surface area (Å²) in [5.74, 6) is -0.0630. The van der Waals surface area contributed by atoms with E-state index in [1.54, 1.807) is 13.0 Å². The number of oxazole rings is 1. The first-order valence-electron chi connectivity index (χ1n) is 7.53. The van der Waals surface area contributed by atoms with Crippen LogP contribution in [0.1, 0.15) is 36.9 Å². The van der Waals surface area contributed by atoms with Gasteiger partial charge in [0.2, 0.25) is 0 Å². The molecule has 2 aromatic rings. The Morgan fingerprint density at radius 3 is 2.74 bits per heavy atom. The highest BCUT2D eigenvalue weighted by atomic mass is 32.2. The van der Waals surface area contributed by atoms with E-state index in [4.69, 9.17) is 4.42 Å². The molecule has 0 fully saturated rings. The number of hydrogen-bond donors (Lipinski definition) is 0. The van der Waals surface area contributed by atoms with Crippen LogP contribution in [0.5, 0.6) is 0 Å². The average molecular weight is 338 g/mol. The highest BCUT2D eigenvalue weighted by Gasteiger charge is 2.39. The summed E-state index contributed by atoms with van der Waals surface area (Å²) in [5.41, 5.74) is 1.72. The van der Waals surface area contributed by atoms with Gasteiger partial charge in [0.15, 0.2) is 5.89 Å². The fraction of sp³-hybridized carbons (Fsp3) is 0.438. The molecule has 0 aliphatic carbocycles. The second-order valence-corrected chi connectivity index (χ2v) is 7.92. The summed E-state index contributed by atoms with van der Waals surface area (Å²) >= 11 is 0. The summed E-state index contributed by atoms with van der Waals surface area (Å²) in [4.78, 5) is 3.87. The summed E-state index contributed by atoms with van der Waals surface area (Å²) < 4.78 is 46.1. The molecule has 7 heteroatoms. The normalized spacial score (nSPS) is 19.1. The Kier molecular flexibility index (Phi) is 4.01. The van der Waals surface area contributed by atoms with Gasteiger partial charge in [-0.05, 0) is 35.6 Å². The molecule has 0 saturated carbocycles. The Balaban J connectivity index is 2.09. The van der Waals surface area contributed by atoms with Gasteiger partial charge in [0.05, 0.1) is 12.2 Å². The molecule has 1 aromatic carbocycles. The van der Waals surface area contributed by atoms with Gasteiger partial charge < -0.3 is 4.42 Å². The predicted molar refractivity (Wildman–Crippen MR) is 82.8 cm³/mol. The van der Waals surface area contributed by atoms with E-state index in [-0.39, 0.29) is 16.8 Å². The zero-order chi connectivity index (χ0) is 16.8. The molecule has 3 rings (SSSR count). The standard InChI is InChI=1S/C16H19FN2O3S/c1-10(2)16-14-8-13(17)5-4-12(14)6-7-19(16)23(20,21)15-9-18-11(3)22-15/h4-5,8-10,16H,6-7H2,1-3H3. The first-order valence-corrected chi connectivity index (χ1v) is 8.97. The van der Waals surface area contributed by atoms with Crippen LogP contribution in [0.4, 0.5) is 4.39 Å². The number of sulfonamides is 1. The average Bonchev–Trinajstić information content (AvgIpc) is 2.93. The molecular formula is C16H19FN2O3S. The molecule has 1 aliphatic heterocycles. The lowest BCUT2D eigenvalue weighted by atomic mass is 9.88. The quantitative estimate of drug-likeness (QED) is 0.863. The van der Waals surface area contributed by atoms with Crippen molar-refractivity contribution in [1.82, 2.24) is 9.29 Å². The predicted octanol–water partition coefficient (Wildman–Crippen LogP) is 3.07. The molecule has 0 saturated heterocycles. The summed E-state index contributed by atoms with van der Waals surface area (Å²) in [5, 5.41) is -0.166. The van der Waals surface area contributed by atoms with Crippen LogP contribution in [-0.4, -0.2) is 24.3 Å². The van der Waals surface area contributed by atoms with E-state index >= 15 is 0 Å². The van der Waals surface area contributed by atoms with Gasteiger partial charge in [-0.2, -0.15) is 4.31 Å². The van der Waals surface area contributed by atoms with Gasteiger partial charge in [0, 0.05) is 13.5 Å². The summed E-state index contributed by atoms with van der Waals surface area (Å²) in [6, 6.07) is 4.17. The molecule has 0 spiro atoms. The maximum atomic E-state index is 13.7. The molecule has 0 amide bonds. The van der Waals surface area contributed by atoms with Crippen LogP contribution >= 0.6 is 0 Å². The van der Waals surface area contributed by atoms with Gasteiger partial charge in [-0.3, -0.25) is 0 Å². The number of aromatic nitrogens is 1. The van der Waals surface area contributed by atoms with Crippen molar-refractivity contribution in [2.45, 2.75) is 38.3 Å². The molecule has 1 aromatic heterocycles. The molecule has 0 bridgehead atoms. The van der Waals surface area contributed by atoms with Gasteiger partial charge in [0.25, 0.3) is 15.1 Å². The molecule has 23 heavy (non-hydrogen) atoms. The van der Waals surface area contributed by atoms with Crippen LogP contribution < -0.4 is 0 Å². The van der Waals surface area contributed by atoms with E-state index in [1.165, 1.54) is 22.6 Å². The van der Waals surface area contributed by atoms with Crippen molar-refractivity contribution < 1.29 is 17.2 Å². The van der Waals surface area contributed by atoms with Crippen LogP contribution in [0.2, 0.25) is 0 Å². The van der Waals surface area contributed by atoms with Gasteiger partial charge in [0.1, 0.15) is 5.82 Å². The second-order valence-electron chi connectivity index (χ2n) is 6.10. The Morgan fingerprint density at radius 1 is 1.39 bits per heavy atom. The fourth-order valence-electron chi connectivity index (χ4n) is 3.13. The summed E-state index contributed by atoms with van der Waals surface area (Å²) in [7, 11) is -3.81. The van der Waals surface area contributed by atoms with Crippen molar-refractivity contribution in [1.29, 1.82) is 0 Å². The zero-order valence-corrected chi connectivity index (χ0v) is 14.1. The van der Waals surface area contributed by atoms with E-state index in [2.05, 4.69) is 4.98 Å². The second kappa shape index (κ2) is 5.72. The van der Waals surface area contributed by atoms with Crippen molar-refractivity contribution in [3.05, 3.63) is 47.2 Å². The van der Waals surface area contributed by atoms with Gasteiger partial charge >= 0.3 is 0 Å². The van der Waals surface area contributed by atoms with Crippen molar-refractivity contribution >= 4 is 10.0 Å². The highest BCUT2D eigenvalue weighted by molar-refractivity contribution is 7.89. The Morgan fingerprint density at radius 2 is 2.13 bits per heavy atom. The topological polar surface area (TPSA) is 63.4 Å². The minimum Gasteiger partial charge on any atom is -0.428 e. The smallest absolute Gasteiger partial charge is 0.278 e. The third kappa shape index (κ3) is 2.79. The SMILES string of the molecule is Cc1ncc(S(=O)(=O)N2CCc3ccc(F)cc3C2C(C)C)o1. The molecule has 5 nitrogen and oxygen atoms in total. The van der Waals surface area contributed by atoms with E-state index in [0.717, 1.165) is 11.1 Å². The van der Waals surface area contributed by atoms with E-state index in [9.17, 15) is 12.8 Å². The van der Waals surface area contributed by atoms with Crippen molar-refractivity contribution in [2.24, 2.45) is 5.92 Å². The number of aryl methyl sites for hydroxylation is 1. The minimum absolute atomic E-state index is 0.00496. The number of hydrogen-bond acceptors (Lipinski definition) is 4. The number of nitrogens with zero attached hydrogens (tertiary/aromatic N) is 2.